The minimum Gasteiger partial charge on any atom is -0.508 e. The number of hydrogen-bond donors (Lipinski definition) is 1. The first-order chi connectivity index (χ1) is 7.49. The first kappa shape index (κ1) is 12.7. The lowest BCUT2D eigenvalue weighted by Gasteiger charge is -2.11. The third-order valence-corrected chi connectivity index (χ3v) is 3.29. The van der Waals surface area contributed by atoms with Gasteiger partial charge in [0, 0.05) is 0 Å². The molecular formula is C9H10F2O4S. The molecule has 0 aromatic heterocycles. The molecule has 0 radical (unpaired) electrons. The lowest BCUT2D eigenvalue weighted by molar-refractivity contribution is 0.372. The fourth-order valence-electron chi connectivity index (χ4n) is 0.899. The Bertz CT molecular complexity index is 425. The number of rotatable bonds is 5. The van der Waals surface area contributed by atoms with Crippen molar-refractivity contribution in [2.24, 2.45) is 0 Å². The van der Waals surface area contributed by atoms with E-state index in [0.717, 1.165) is 0 Å². The van der Waals surface area contributed by atoms with Gasteiger partial charge in [0.2, 0.25) is 0 Å². The van der Waals surface area contributed by atoms with Crippen LogP contribution in [0.2, 0.25) is 0 Å². The van der Waals surface area contributed by atoms with Gasteiger partial charge in [-0.2, -0.15) is 8.42 Å². The first-order valence-corrected chi connectivity index (χ1v) is 5.81. The van der Waals surface area contributed by atoms with Crippen molar-refractivity contribution in [2.75, 3.05) is 13.3 Å². The Morgan fingerprint density at radius 1 is 1.19 bits per heavy atom. The molecule has 7 heteroatoms. The lowest BCUT2D eigenvalue weighted by atomic mass is 10.3. The van der Waals surface area contributed by atoms with Crippen LogP contribution in [0, 0.1) is 0 Å². The van der Waals surface area contributed by atoms with Gasteiger partial charge < -0.3 is 9.29 Å². The van der Waals surface area contributed by atoms with E-state index in [-0.39, 0.29) is 11.5 Å². The van der Waals surface area contributed by atoms with Crippen LogP contribution in [0.1, 0.15) is 0 Å². The van der Waals surface area contributed by atoms with Crippen molar-refractivity contribution in [2.45, 2.75) is 5.25 Å². The van der Waals surface area contributed by atoms with Crippen molar-refractivity contribution in [1.29, 1.82) is 0 Å². The first-order valence-electron chi connectivity index (χ1n) is 4.34. The van der Waals surface area contributed by atoms with Gasteiger partial charge in [-0.05, 0) is 24.3 Å². The summed E-state index contributed by atoms with van der Waals surface area (Å²) in [5, 5.41) is 7.11. The van der Waals surface area contributed by atoms with E-state index in [9.17, 15) is 17.2 Å². The van der Waals surface area contributed by atoms with Crippen LogP contribution < -0.4 is 4.18 Å². The van der Waals surface area contributed by atoms with Crippen LogP contribution in [0.3, 0.4) is 0 Å². The van der Waals surface area contributed by atoms with Gasteiger partial charge in [-0.15, -0.1) is 0 Å². The predicted octanol–water partition coefficient (Wildman–Crippen LogP) is 1.41. The number of phenols is 1. The molecule has 0 bridgehead atoms. The summed E-state index contributed by atoms with van der Waals surface area (Å²) < 4.78 is 51.4. The van der Waals surface area contributed by atoms with Crippen molar-refractivity contribution in [3.63, 3.8) is 0 Å². The molecule has 0 aliphatic rings. The molecule has 0 saturated carbocycles. The molecule has 1 N–H and O–H groups in total. The Balaban J connectivity index is 2.84. The minimum absolute atomic E-state index is 0.0720. The highest BCUT2D eigenvalue weighted by atomic mass is 32.2. The standard InChI is InChI=1S/C9H10F2O4S/c10-5-9(6-11)16(13,14)15-8-3-1-7(12)2-4-8/h1-4,9,12H,5-6H2. The zero-order valence-electron chi connectivity index (χ0n) is 8.14. The molecule has 0 spiro atoms. The highest BCUT2D eigenvalue weighted by Crippen LogP contribution is 2.19. The molecule has 4 nitrogen and oxygen atoms in total. The highest BCUT2D eigenvalue weighted by Gasteiger charge is 2.27. The Morgan fingerprint density at radius 3 is 2.12 bits per heavy atom. The van der Waals surface area contributed by atoms with Crippen LogP contribution in [-0.2, 0) is 10.1 Å². The zero-order valence-corrected chi connectivity index (χ0v) is 8.95. The maximum absolute atomic E-state index is 12.2. The highest BCUT2D eigenvalue weighted by molar-refractivity contribution is 7.87. The molecule has 0 saturated heterocycles. The largest absolute Gasteiger partial charge is 0.508 e. The fourth-order valence-corrected chi connectivity index (χ4v) is 1.72. The Kier molecular flexibility index (Phi) is 4.05. The number of benzene rings is 1. The summed E-state index contributed by atoms with van der Waals surface area (Å²) in [6.07, 6.45) is 0. The summed E-state index contributed by atoms with van der Waals surface area (Å²) in [6, 6.07) is 4.76. The van der Waals surface area contributed by atoms with E-state index < -0.39 is 28.7 Å². The van der Waals surface area contributed by atoms with Crippen molar-refractivity contribution in [1.82, 2.24) is 0 Å². The third kappa shape index (κ3) is 3.06. The maximum Gasteiger partial charge on any atom is 0.317 e. The van der Waals surface area contributed by atoms with Gasteiger partial charge in [-0.1, -0.05) is 0 Å². The molecule has 0 amide bonds. The summed E-state index contributed by atoms with van der Waals surface area (Å²) in [5.41, 5.74) is 0. The topological polar surface area (TPSA) is 63.6 Å². The normalized spacial score (nSPS) is 11.7. The van der Waals surface area contributed by atoms with Crippen molar-refractivity contribution in [3.05, 3.63) is 24.3 Å². The number of halogens is 2. The molecule has 0 aliphatic carbocycles. The van der Waals surface area contributed by atoms with Crippen molar-refractivity contribution >= 4 is 10.1 Å². The van der Waals surface area contributed by atoms with Gasteiger partial charge in [0.25, 0.3) is 0 Å². The molecular weight excluding hydrogens is 242 g/mol. The molecule has 0 heterocycles. The van der Waals surface area contributed by atoms with Crippen LogP contribution in [-0.4, -0.2) is 32.1 Å². The second-order valence-corrected chi connectivity index (χ2v) is 4.82. The molecule has 16 heavy (non-hydrogen) atoms. The fraction of sp³-hybridized carbons (Fsp3) is 0.333. The molecule has 90 valence electrons. The van der Waals surface area contributed by atoms with Crippen molar-refractivity contribution < 1.29 is 26.5 Å². The van der Waals surface area contributed by atoms with Gasteiger partial charge in [0.15, 0.2) is 5.25 Å². The monoisotopic (exact) mass is 252 g/mol. The van der Waals surface area contributed by atoms with Crippen LogP contribution in [0.4, 0.5) is 8.78 Å². The van der Waals surface area contributed by atoms with Gasteiger partial charge >= 0.3 is 10.1 Å². The summed E-state index contributed by atoms with van der Waals surface area (Å²) >= 11 is 0. The number of hydrogen-bond acceptors (Lipinski definition) is 4. The maximum atomic E-state index is 12.2. The lowest BCUT2D eigenvalue weighted by Crippen LogP contribution is -2.29. The van der Waals surface area contributed by atoms with Gasteiger partial charge in [-0.25, -0.2) is 8.78 Å². The quantitative estimate of drug-likeness (QED) is 0.805. The zero-order chi connectivity index (χ0) is 12.2. The predicted molar refractivity (Wildman–Crippen MR) is 53.4 cm³/mol. The SMILES string of the molecule is O=S(=O)(Oc1ccc(O)cc1)C(CF)CF. The van der Waals surface area contributed by atoms with Crippen LogP contribution in [0.5, 0.6) is 11.5 Å². The summed E-state index contributed by atoms with van der Waals surface area (Å²) in [6.45, 7) is -2.70. The summed E-state index contributed by atoms with van der Waals surface area (Å²) in [5.74, 6) is -0.179. The number of alkyl halides is 2. The van der Waals surface area contributed by atoms with E-state index in [1.165, 1.54) is 24.3 Å². The summed E-state index contributed by atoms with van der Waals surface area (Å²) in [7, 11) is -4.32. The molecule has 0 fully saturated rings. The van der Waals surface area contributed by atoms with E-state index in [0.29, 0.717) is 0 Å². The second-order valence-electron chi connectivity index (χ2n) is 3.00. The van der Waals surface area contributed by atoms with E-state index >= 15 is 0 Å². The molecule has 0 unspecified atom stereocenters. The van der Waals surface area contributed by atoms with Gasteiger partial charge in [-0.3, -0.25) is 0 Å². The molecule has 0 atom stereocenters. The molecule has 0 aliphatic heterocycles. The average molecular weight is 252 g/mol. The smallest absolute Gasteiger partial charge is 0.317 e. The van der Waals surface area contributed by atoms with E-state index in [4.69, 9.17) is 5.11 Å². The summed E-state index contributed by atoms with van der Waals surface area (Å²) in [4.78, 5) is 0. The van der Waals surface area contributed by atoms with Crippen LogP contribution in [0.15, 0.2) is 24.3 Å². The van der Waals surface area contributed by atoms with E-state index in [2.05, 4.69) is 4.18 Å². The Morgan fingerprint density at radius 2 is 1.69 bits per heavy atom. The number of aromatic hydroxyl groups is 1. The Labute approximate surface area is 91.6 Å². The molecule has 1 aromatic carbocycles. The number of phenolic OH excluding ortho intramolecular Hbond substituents is 1. The Hall–Kier alpha value is -1.37. The van der Waals surface area contributed by atoms with E-state index in [1.54, 1.807) is 0 Å². The van der Waals surface area contributed by atoms with Crippen molar-refractivity contribution in [3.8, 4) is 11.5 Å². The van der Waals surface area contributed by atoms with Gasteiger partial charge in [0.05, 0.1) is 0 Å². The van der Waals surface area contributed by atoms with Gasteiger partial charge in [0.1, 0.15) is 24.8 Å². The molecule has 1 rings (SSSR count). The minimum atomic E-state index is -4.32. The van der Waals surface area contributed by atoms with Crippen LogP contribution in [0.25, 0.3) is 0 Å². The average Bonchev–Trinajstić information content (AvgIpc) is 2.22. The molecule has 1 aromatic rings. The third-order valence-electron chi connectivity index (χ3n) is 1.80. The second kappa shape index (κ2) is 5.11. The van der Waals surface area contributed by atoms with E-state index in [1.807, 2.05) is 0 Å². The van der Waals surface area contributed by atoms with Crippen LogP contribution >= 0.6 is 0 Å².